The molecule has 2 fully saturated rings. The summed E-state index contributed by atoms with van der Waals surface area (Å²) in [6.45, 7) is 6.81. The van der Waals surface area contributed by atoms with E-state index in [2.05, 4.69) is 11.8 Å². The van der Waals surface area contributed by atoms with Crippen LogP contribution in [-0.2, 0) is 14.3 Å². The molecule has 0 saturated carbocycles. The molecule has 0 aliphatic carbocycles. The number of Topliss-reactive ketones (excluding diaryl/α,β-unsaturated/α-hetero) is 1. The number of ketones is 1. The van der Waals surface area contributed by atoms with Gasteiger partial charge in [0.15, 0.2) is 0 Å². The average molecular weight is 495 g/mol. The Bertz CT molecular complexity index is 1110. The molecule has 36 heavy (non-hydrogen) atoms. The Morgan fingerprint density at radius 3 is 2.58 bits per heavy atom. The molecule has 2 heterocycles. The molecule has 0 aromatic heterocycles. The molecule has 0 spiro atoms. The van der Waals surface area contributed by atoms with E-state index in [0.29, 0.717) is 49.7 Å². The second-order valence-electron chi connectivity index (χ2n) is 9.12. The number of aliphatic hydroxyl groups excluding tert-OH is 1. The van der Waals surface area contributed by atoms with Gasteiger partial charge in [-0.15, -0.1) is 0 Å². The summed E-state index contributed by atoms with van der Waals surface area (Å²) in [6.07, 6.45) is 2.57. The third-order valence-electron chi connectivity index (χ3n) is 6.58. The molecule has 1 unspecified atom stereocenters. The molecule has 8 nitrogen and oxygen atoms in total. The van der Waals surface area contributed by atoms with E-state index in [-0.39, 0.29) is 17.1 Å². The molecule has 1 atom stereocenters. The molecule has 2 aliphatic heterocycles. The first-order chi connectivity index (χ1) is 17.5. The molecular formula is C28H34N2O6. The Hall–Kier alpha value is -3.36. The number of nitrogens with zero attached hydrogens (tertiary/aromatic N) is 2. The van der Waals surface area contributed by atoms with Crippen molar-refractivity contribution in [3.8, 4) is 11.5 Å². The third kappa shape index (κ3) is 5.88. The second kappa shape index (κ2) is 12.1. The molecule has 0 radical (unpaired) electrons. The number of phenolic OH excluding ortho intramolecular Hbond substituents is 1. The second-order valence-corrected chi connectivity index (χ2v) is 9.12. The van der Waals surface area contributed by atoms with Crippen LogP contribution in [0.25, 0.3) is 5.76 Å². The maximum atomic E-state index is 13.2. The van der Waals surface area contributed by atoms with E-state index in [4.69, 9.17) is 9.47 Å². The maximum absolute atomic E-state index is 13.2. The molecule has 2 saturated heterocycles. The Balaban J connectivity index is 1.64. The number of aromatic hydroxyl groups is 1. The van der Waals surface area contributed by atoms with Crippen molar-refractivity contribution in [3.05, 3.63) is 65.2 Å². The van der Waals surface area contributed by atoms with Crippen LogP contribution in [0.15, 0.2) is 54.1 Å². The van der Waals surface area contributed by atoms with Gasteiger partial charge in [0.05, 0.1) is 31.4 Å². The number of carbonyl (C=O) groups excluding carboxylic acids is 2. The van der Waals surface area contributed by atoms with Gasteiger partial charge in [0.25, 0.3) is 11.7 Å². The van der Waals surface area contributed by atoms with Gasteiger partial charge >= 0.3 is 0 Å². The fourth-order valence-corrected chi connectivity index (χ4v) is 4.66. The summed E-state index contributed by atoms with van der Waals surface area (Å²) in [7, 11) is 0. The van der Waals surface area contributed by atoms with Gasteiger partial charge in [0.1, 0.15) is 17.3 Å². The molecule has 8 heteroatoms. The number of unbranched alkanes of at least 4 members (excludes halogenated alkanes) is 1. The van der Waals surface area contributed by atoms with Gasteiger partial charge in [-0.25, -0.2) is 0 Å². The fraction of sp³-hybridized carbons (Fsp3) is 0.429. The van der Waals surface area contributed by atoms with Crippen LogP contribution in [0.3, 0.4) is 0 Å². The standard InChI is InChI=1S/C28H34N2O6/c1-2-3-15-36-23-10-5-8-21(19-23)26(32)24-25(20-7-4-9-22(31)18-20)30(28(34)27(24)33)12-6-11-29-13-16-35-17-14-29/h4-5,7-10,18-19,25,31-32H,2-3,6,11-17H2,1H3. The minimum Gasteiger partial charge on any atom is -0.508 e. The number of rotatable bonds is 10. The van der Waals surface area contributed by atoms with Gasteiger partial charge in [-0.1, -0.05) is 37.6 Å². The van der Waals surface area contributed by atoms with Crippen molar-refractivity contribution in [2.45, 2.75) is 32.2 Å². The predicted molar refractivity (Wildman–Crippen MR) is 136 cm³/mol. The third-order valence-corrected chi connectivity index (χ3v) is 6.58. The highest BCUT2D eigenvalue weighted by Crippen LogP contribution is 2.40. The minimum atomic E-state index is -0.800. The van der Waals surface area contributed by atoms with E-state index in [9.17, 15) is 19.8 Å². The SMILES string of the molecule is CCCCOc1cccc(C(O)=C2C(=O)C(=O)N(CCCN3CCOCC3)C2c2cccc(O)c2)c1. The number of benzene rings is 2. The van der Waals surface area contributed by atoms with Crippen molar-refractivity contribution in [2.75, 3.05) is 46.0 Å². The summed E-state index contributed by atoms with van der Waals surface area (Å²) >= 11 is 0. The molecule has 2 N–H and O–H groups in total. The summed E-state index contributed by atoms with van der Waals surface area (Å²) < 4.78 is 11.2. The minimum absolute atomic E-state index is 0.0164. The highest BCUT2D eigenvalue weighted by Gasteiger charge is 2.46. The first kappa shape index (κ1) is 25.7. The van der Waals surface area contributed by atoms with Gasteiger partial charge in [0.2, 0.25) is 0 Å². The fourth-order valence-electron chi connectivity index (χ4n) is 4.66. The van der Waals surface area contributed by atoms with Crippen LogP contribution in [0.5, 0.6) is 11.5 Å². The smallest absolute Gasteiger partial charge is 0.295 e. The van der Waals surface area contributed by atoms with E-state index < -0.39 is 17.7 Å². The molecule has 1 amide bonds. The largest absolute Gasteiger partial charge is 0.508 e. The number of carbonyl (C=O) groups is 2. The Morgan fingerprint density at radius 1 is 1.06 bits per heavy atom. The van der Waals surface area contributed by atoms with Gasteiger partial charge < -0.3 is 24.6 Å². The number of hydrogen-bond acceptors (Lipinski definition) is 7. The van der Waals surface area contributed by atoms with Crippen LogP contribution in [0.1, 0.15) is 43.4 Å². The van der Waals surface area contributed by atoms with Gasteiger partial charge in [-0.05, 0) is 42.7 Å². The molecule has 192 valence electrons. The van der Waals surface area contributed by atoms with Crippen molar-refractivity contribution >= 4 is 17.4 Å². The number of amides is 1. The number of likely N-dealkylation sites (tertiary alicyclic amines) is 1. The monoisotopic (exact) mass is 494 g/mol. The zero-order chi connectivity index (χ0) is 25.5. The van der Waals surface area contributed by atoms with Crippen molar-refractivity contribution in [3.63, 3.8) is 0 Å². The maximum Gasteiger partial charge on any atom is 0.295 e. The van der Waals surface area contributed by atoms with Gasteiger partial charge in [-0.2, -0.15) is 0 Å². The highest BCUT2D eigenvalue weighted by molar-refractivity contribution is 6.46. The number of aliphatic hydroxyl groups is 1. The van der Waals surface area contributed by atoms with Crippen molar-refractivity contribution in [1.82, 2.24) is 9.80 Å². The molecule has 2 aliphatic rings. The lowest BCUT2D eigenvalue weighted by molar-refractivity contribution is -0.140. The summed E-state index contributed by atoms with van der Waals surface area (Å²) in [5.74, 6) is -1.02. The van der Waals surface area contributed by atoms with Crippen LogP contribution in [-0.4, -0.2) is 77.7 Å². The van der Waals surface area contributed by atoms with Crippen LogP contribution < -0.4 is 4.74 Å². The molecule has 2 aromatic carbocycles. The number of hydrogen-bond donors (Lipinski definition) is 2. The van der Waals surface area contributed by atoms with E-state index in [1.54, 1.807) is 36.4 Å². The van der Waals surface area contributed by atoms with E-state index in [0.717, 1.165) is 32.5 Å². The quantitative estimate of drug-likeness (QED) is 0.225. The zero-order valence-corrected chi connectivity index (χ0v) is 20.7. The lowest BCUT2D eigenvalue weighted by Gasteiger charge is -2.29. The topological polar surface area (TPSA) is 99.5 Å². The summed E-state index contributed by atoms with van der Waals surface area (Å²) in [5.41, 5.74) is 0.987. The zero-order valence-electron chi connectivity index (χ0n) is 20.7. The highest BCUT2D eigenvalue weighted by atomic mass is 16.5. The Labute approximate surface area is 211 Å². The van der Waals surface area contributed by atoms with Gasteiger partial charge in [0, 0.05) is 31.7 Å². The number of ether oxygens (including phenoxy) is 2. The van der Waals surface area contributed by atoms with E-state index in [1.165, 1.54) is 17.0 Å². The van der Waals surface area contributed by atoms with Crippen molar-refractivity contribution < 1.29 is 29.3 Å². The number of phenols is 1. The molecule has 4 rings (SSSR count). The van der Waals surface area contributed by atoms with Gasteiger partial charge in [-0.3, -0.25) is 14.5 Å². The lowest BCUT2D eigenvalue weighted by Crippen LogP contribution is -2.38. The Morgan fingerprint density at radius 2 is 1.83 bits per heavy atom. The van der Waals surface area contributed by atoms with Crippen LogP contribution in [0.4, 0.5) is 0 Å². The predicted octanol–water partition coefficient (Wildman–Crippen LogP) is 3.72. The normalized spacial score (nSPS) is 20.1. The molecule has 2 aromatic rings. The first-order valence-corrected chi connectivity index (χ1v) is 12.6. The summed E-state index contributed by atoms with van der Waals surface area (Å²) in [4.78, 5) is 30.2. The summed E-state index contributed by atoms with van der Waals surface area (Å²) in [5, 5.41) is 21.4. The Kier molecular flexibility index (Phi) is 8.61. The van der Waals surface area contributed by atoms with E-state index >= 15 is 0 Å². The summed E-state index contributed by atoms with van der Waals surface area (Å²) in [6, 6.07) is 12.6. The van der Waals surface area contributed by atoms with Crippen LogP contribution in [0.2, 0.25) is 0 Å². The van der Waals surface area contributed by atoms with Crippen LogP contribution >= 0.6 is 0 Å². The lowest BCUT2D eigenvalue weighted by atomic mass is 9.95. The van der Waals surface area contributed by atoms with Crippen molar-refractivity contribution in [1.29, 1.82) is 0 Å². The number of morpholine rings is 1. The van der Waals surface area contributed by atoms with E-state index in [1.807, 2.05) is 0 Å². The molecular weight excluding hydrogens is 460 g/mol. The average Bonchev–Trinajstić information content (AvgIpc) is 3.14. The first-order valence-electron chi connectivity index (χ1n) is 12.6. The van der Waals surface area contributed by atoms with Crippen molar-refractivity contribution in [2.24, 2.45) is 0 Å². The molecule has 0 bridgehead atoms. The van der Waals surface area contributed by atoms with Crippen LogP contribution in [0, 0.1) is 0 Å².